The van der Waals surface area contributed by atoms with Crippen LogP contribution >= 0.6 is 0 Å². The fraction of sp³-hybridized carbons (Fsp3) is 0.542. The summed E-state index contributed by atoms with van der Waals surface area (Å²) in [7, 11) is 0. The summed E-state index contributed by atoms with van der Waals surface area (Å²) >= 11 is 0. The van der Waals surface area contributed by atoms with E-state index in [0.717, 1.165) is 24.4 Å². The maximum absolute atomic E-state index is 12.7. The number of carbonyl (C=O) groups excluding carboxylic acids is 2. The molecule has 0 aromatic heterocycles. The Kier molecular flexibility index (Phi) is 7.90. The van der Waals surface area contributed by atoms with Crippen LogP contribution in [0.3, 0.4) is 0 Å². The lowest BCUT2D eigenvalue weighted by atomic mass is 10.1. The quantitative estimate of drug-likeness (QED) is 0.279. The second kappa shape index (κ2) is 10.6. The number of benzene rings is 1. The minimum Gasteiger partial charge on any atom is -0.512 e. The number of likely N-dealkylation sites (tertiary alicyclic amines) is 1. The van der Waals surface area contributed by atoms with E-state index in [1.807, 2.05) is 24.3 Å². The van der Waals surface area contributed by atoms with Gasteiger partial charge in [0.2, 0.25) is 5.91 Å². The zero-order valence-corrected chi connectivity index (χ0v) is 19.3. The summed E-state index contributed by atoms with van der Waals surface area (Å²) in [5.74, 6) is -0.116. The molecule has 2 N–H and O–H groups in total. The Balaban J connectivity index is 1.50. The third kappa shape index (κ3) is 5.68. The summed E-state index contributed by atoms with van der Waals surface area (Å²) in [6.07, 6.45) is 3.55. The van der Waals surface area contributed by atoms with E-state index < -0.39 is 5.91 Å². The number of amides is 2. The standard InChI is InChI=1S/C24H34N4O4/c1-17-6-4-11-26(17)12-5-15-32-21-9-7-20(8-10-21)28-14-13-27(16-22(28)30)24(31)23(18(2)25)19(3)29/h7-10,17,25,29H,4-6,11-16H2,1-3H3/b23-19+,25-18?/t17-/m1/s1. The fourth-order valence-corrected chi connectivity index (χ4v) is 4.37. The van der Waals surface area contributed by atoms with Crippen LogP contribution < -0.4 is 9.64 Å². The number of nitrogens with one attached hydrogen (secondary N) is 1. The number of hydrogen-bond acceptors (Lipinski definition) is 6. The lowest BCUT2D eigenvalue weighted by Crippen LogP contribution is -2.53. The monoisotopic (exact) mass is 442 g/mol. The van der Waals surface area contributed by atoms with Crippen molar-refractivity contribution in [3.05, 3.63) is 35.6 Å². The number of allylic oxidation sites excluding steroid dienone is 1. The van der Waals surface area contributed by atoms with E-state index in [1.54, 1.807) is 4.90 Å². The fourth-order valence-electron chi connectivity index (χ4n) is 4.37. The molecule has 2 aliphatic rings. The maximum atomic E-state index is 12.7. The number of aliphatic hydroxyl groups excluding tert-OH is 1. The summed E-state index contributed by atoms with van der Waals surface area (Å²) in [6, 6.07) is 8.13. The highest BCUT2D eigenvalue weighted by Crippen LogP contribution is 2.23. The zero-order valence-electron chi connectivity index (χ0n) is 19.3. The third-order valence-electron chi connectivity index (χ3n) is 6.16. The van der Waals surface area contributed by atoms with Gasteiger partial charge in [-0.3, -0.25) is 9.59 Å². The molecule has 0 spiro atoms. The molecule has 0 saturated carbocycles. The molecule has 174 valence electrons. The Morgan fingerprint density at radius 1 is 1.19 bits per heavy atom. The highest BCUT2D eigenvalue weighted by molar-refractivity contribution is 6.20. The minimum absolute atomic E-state index is 0.0181. The predicted molar refractivity (Wildman–Crippen MR) is 124 cm³/mol. The van der Waals surface area contributed by atoms with E-state index >= 15 is 0 Å². The van der Waals surface area contributed by atoms with E-state index in [0.29, 0.717) is 25.7 Å². The van der Waals surface area contributed by atoms with Crippen LogP contribution in [-0.2, 0) is 9.59 Å². The van der Waals surface area contributed by atoms with E-state index in [2.05, 4.69) is 11.8 Å². The number of nitrogens with zero attached hydrogens (tertiary/aromatic N) is 3. The third-order valence-corrected chi connectivity index (χ3v) is 6.16. The first-order valence-corrected chi connectivity index (χ1v) is 11.3. The first-order valence-electron chi connectivity index (χ1n) is 11.3. The lowest BCUT2D eigenvalue weighted by molar-refractivity contribution is -0.133. The van der Waals surface area contributed by atoms with Crippen molar-refractivity contribution in [3.63, 3.8) is 0 Å². The van der Waals surface area contributed by atoms with Gasteiger partial charge in [0, 0.05) is 37.1 Å². The van der Waals surface area contributed by atoms with Crippen molar-refractivity contribution < 1.29 is 19.4 Å². The van der Waals surface area contributed by atoms with Crippen LogP contribution in [0, 0.1) is 5.41 Å². The predicted octanol–water partition coefficient (Wildman–Crippen LogP) is 2.99. The highest BCUT2D eigenvalue weighted by Gasteiger charge is 2.31. The van der Waals surface area contributed by atoms with Crippen molar-refractivity contribution >= 4 is 23.2 Å². The molecule has 0 unspecified atom stereocenters. The van der Waals surface area contributed by atoms with Gasteiger partial charge in [-0.2, -0.15) is 0 Å². The van der Waals surface area contributed by atoms with Crippen LogP contribution in [0.5, 0.6) is 5.75 Å². The maximum Gasteiger partial charge on any atom is 0.259 e. The SMILES string of the molecule is CC(=N)/C(C(=O)N1CCN(c2ccc(OCCCN3CCC[C@H]3C)cc2)C(=O)C1)=C(/C)O. The zero-order chi connectivity index (χ0) is 23.3. The van der Waals surface area contributed by atoms with Gasteiger partial charge in [0.1, 0.15) is 18.1 Å². The summed E-state index contributed by atoms with van der Waals surface area (Å²) in [5, 5.41) is 17.4. The Morgan fingerprint density at radius 3 is 2.47 bits per heavy atom. The van der Waals surface area contributed by atoms with Gasteiger partial charge < -0.3 is 30.0 Å². The lowest BCUT2D eigenvalue weighted by Gasteiger charge is -2.34. The number of aliphatic hydroxyl groups is 1. The van der Waals surface area contributed by atoms with Crippen LogP contribution in [0.15, 0.2) is 35.6 Å². The van der Waals surface area contributed by atoms with Crippen molar-refractivity contribution in [3.8, 4) is 5.75 Å². The first-order chi connectivity index (χ1) is 15.3. The van der Waals surface area contributed by atoms with Crippen molar-refractivity contribution in [1.29, 1.82) is 5.41 Å². The van der Waals surface area contributed by atoms with Gasteiger partial charge in [-0.05, 0) is 70.8 Å². The average Bonchev–Trinajstić information content (AvgIpc) is 3.16. The highest BCUT2D eigenvalue weighted by atomic mass is 16.5. The molecule has 2 fully saturated rings. The van der Waals surface area contributed by atoms with Crippen LogP contribution in [0.25, 0.3) is 0 Å². The molecule has 1 aromatic carbocycles. The summed E-state index contributed by atoms with van der Waals surface area (Å²) in [5.41, 5.74) is 0.694. The van der Waals surface area contributed by atoms with E-state index in [4.69, 9.17) is 10.1 Å². The minimum atomic E-state index is -0.488. The molecule has 0 aliphatic carbocycles. The molecule has 3 rings (SSSR count). The molecule has 1 aromatic rings. The second-order valence-corrected chi connectivity index (χ2v) is 8.58. The number of ether oxygens (including phenoxy) is 1. The molecule has 1 atom stereocenters. The Labute approximate surface area is 189 Å². The molecule has 8 nitrogen and oxygen atoms in total. The summed E-state index contributed by atoms with van der Waals surface area (Å²) in [6.45, 7) is 8.60. The molecule has 0 radical (unpaired) electrons. The average molecular weight is 443 g/mol. The topological polar surface area (TPSA) is 97.2 Å². The number of piperazine rings is 1. The number of hydrogen-bond donors (Lipinski definition) is 2. The van der Waals surface area contributed by atoms with Gasteiger partial charge >= 0.3 is 0 Å². The summed E-state index contributed by atoms with van der Waals surface area (Å²) in [4.78, 5) is 30.8. The van der Waals surface area contributed by atoms with Crippen LogP contribution in [-0.4, -0.2) is 77.8 Å². The van der Waals surface area contributed by atoms with Gasteiger partial charge in [-0.1, -0.05) is 0 Å². The molecule has 0 bridgehead atoms. The molecule has 2 aliphatic heterocycles. The Morgan fingerprint density at radius 2 is 1.91 bits per heavy atom. The molecule has 2 heterocycles. The van der Waals surface area contributed by atoms with Gasteiger partial charge in [0.15, 0.2) is 0 Å². The normalized spacial score (nSPS) is 20.3. The molecule has 2 saturated heterocycles. The van der Waals surface area contributed by atoms with Gasteiger partial charge in [0.25, 0.3) is 5.91 Å². The molecule has 2 amide bonds. The van der Waals surface area contributed by atoms with Gasteiger partial charge in [-0.15, -0.1) is 0 Å². The van der Waals surface area contributed by atoms with Crippen molar-refractivity contribution in [2.24, 2.45) is 0 Å². The molecular formula is C24H34N4O4. The van der Waals surface area contributed by atoms with Crippen molar-refractivity contribution in [2.45, 2.75) is 46.1 Å². The summed E-state index contributed by atoms with van der Waals surface area (Å²) < 4.78 is 5.86. The van der Waals surface area contributed by atoms with Crippen LogP contribution in [0.1, 0.15) is 40.0 Å². The molecular weight excluding hydrogens is 408 g/mol. The van der Waals surface area contributed by atoms with Gasteiger partial charge in [0.05, 0.1) is 12.2 Å². The van der Waals surface area contributed by atoms with E-state index in [1.165, 1.54) is 38.1 Å². The van der Waals surface area contributed by atoms with E-state index in [-0.39, 0.29) is 29.5 Å². The first kappa shape index (κ1) is 23.8. The second-order valence-electron chi connectivity index (χ2n) is 8.58. The van der Waals surface area contributed by atoms with Crippen molar-refractivity contribution in [1.82, 2.24) is 9.80 Å². The molecule has 8 heteroatoms. The van der Waals surface area contributed by atoms with Crippen LogP contribution in [0.2, 0.25) is 0 Å². The van der Waals surface area contributed by atoms with Gasteiger partial charge in [-0.25, -0.2) is 0 Å². The smallest absolute Gasteiger partial charge is 0.259 e. The van der Waals surface area contributed by atoms with Crippen LogP contribution in [0.4, 0.5) is 5.69 Å². The Bertz CT molecular complexity index is 876. The Hall–Kier alpha value is -2.87. The molecule has 32 heavy (non-hydrogen) atoms. The number of anilines is 1. The van der Waals surface area contributed by atoms with E-state index in [9.17, 15) is 14.7 Å². The van der Waals surface area contributed by atoms with Crippen molar-refractivity contribution in [2.75, 3.05) is 44.2 Å². The largest absolute Gasteiger partial charge is 0.512 e. The number of rotatable bonds is 8. The number of carbonyl (C=O) groups is 2.